The zero-order chi connectivity index (χ0) is 41.4. The Labute approximate surface area is 350 Å². The van der Waals surface area contributed by atoms with Crippen LogP contribution in [0.15, 0.2) is 53.6 Å². The SMILES string of the molecule is COc1cc(-c2cn(C)c(=O)c3cnc(N4CC[C@@H]4C)cc23)cc(OC)c1CN1CC(CN2CCC3(CC2)CN(c2ccc4c(c2)C(=O)N(C2CCC(=O)NC2=O)C4)C3)C1. The lowest BCUT2D eigenvalue weighted by Crippen LogP contribution is -2.61. The van der Waals surface area contributed by atoms with Gasteiger partial charge in [-0.3, -0.25) is 29.4 Å². The van der Waals surface area contributed by atoms with E-state index in [2.05, 4.69) is 61.1 Å². The van der Waals surface area contributed by atoms with Crippen LogP contribution >= 0.6 is 0 Å². The van der Waals surface area contributed by atoms with Crippen LogP contribution in [-0.2, 0) is 29.7 Å². The predicted octanol–water partition coefficient (Wildman–Crippen LogP) is 4.01. The Morgan fingerprint density at radius 1 is 0.867 bits per heavy atom. The van der Waals surface area contributed by atoms with E-state index in [9.17, 15) is 19.2 Å². The van der Waals surface area contributed by atoms with Gasteiger partial charge in [0.25, 0.3) is 11.5 Å². The normalized spacial score (nSPS) is 23.1. The number of fused-ring (bicyclic) bond motifs is 2. The molecule has 2 aromatic carbocycles. The molecule has 2 atom stereocenters. The third kappa shape index (κ3) is 6.68. The number of aromatic nitrogens is 2. The van der Waals surface area contributed by atoms with Crippen molar-refractivity contribution in [3.63, 3.8) is 0 Å². The van der Waals surface area contributed by atoms with Gasteiger partial charge in [0.15, 0.2) is 0 Å². The number of piperidine rings is 2. The molecule has 10 rings (SSSR count). The number of carbonyl (C=O) groups is 3. The van der Waals surface area contributed by atoms with E-state index in [1.165, 1.54) is 12.8 Å². The maximum absolute atomic E-state index is 13.4. The first-order chi connectivity index (χ1) is 29.0. The van der Waals surface area contributed by atoms with E-state index in [4.69, 9.17) is 9.47 Å². The van der Waals surface area contributed by atoms with Crippen molar-refractivity contribution < 1.29 is 23.9 Å². The first-order valence-electron chi connectivity index (χ1n) is 21.5. The molecule has 8 heterocycles. The molecular weight excluding hydrogens is 761 g/mol. The van der Waals surface area contributed by atoms with Crippen molar-refractivity contribution in [2.75, 3.05) is 76.4 Å². The highest BCUT2D eigenvalue weighted by molar-refractivity contribution is 6.05. The van der Waals surface area contributed by atoms with Crippen molar-refractivity contribution >= 4 is 40.0 Å². The molecule has 0 radical (unpaired) electrons. The predicted molar refractivity (Wildman–Crippen MR) is 229 cm³/mol. The number of pyridine rings is 2. The Morgan fingerprint density at radius 3 is 2.28 bits per heavy atom. The zero-order valence-corrected chi connectivity index (χ0v) is 35.0. The number of ether oxygens (including phenoxy) is 2. The molecule has 0 bridgehead atoms. The van der Waals surface area contributed by atoms with Crippen LogP contribution in [0.4, 0.5) is 11.5 Å². The van der Waals surface area contributed by atoms with Gasteiger partial charge in [-0.05, 0) is 93.1 Å². The van der Waals surface area contributed by atoms with E-state index in [-0.39, 0.29) is 29.7 Å². The van der Waals surface area contributed by atoms with Gasteiger partial charge in [-0.1, -0.05) is 6.07 Å². The Bertz CT molecular complexity index is 2440. The van der Waals surface area contributed by atoms with E-state index >= 15 is 0 Å². The van der Waals surface area contributed by atoms with Gasteiger partial charge in [0.2, 0.25) is 11.8 Å². The molecule has 5 fully saturated rings. The van der Waals surface area contributed by atoms with E-state index < -0.39 is 6.04 Å². The number of hydrogen-bond acceptors (Lipinski definition) is 11. The fourth-order valence-corrected chi connectivity index (χ4v) is 10.6. The smallest absolute Gasteiger partial charge is 0.259 e. The second-order valence-corrected chi connectivity index (χ2v) is 18.2. The van der Waals surface area contributed by atoms with Crippen LogP contribution in [0.3, 0.4) is 0 Å². The van der Waals surface area contributed by atoms with Gasteiger partial charge in [0.05, 0.1) is 25.2 Å². The number of hydrogen-bond donors (Lipinski definition) is 1. The van der Waals surface area contributed by atoms with Gasteiger partial charge in [-0.15, -0.1) is 0 Å². The highest BCUT2D eigenvalue weighted by Crippen LogP contribution is 2.44. The van der Waals surface area contributed by atoms with Crippen LogP contribution in [0, 0.1) is 11.3 Å². The fraction of sp³-hybridized carbons (Fsp3) is 0.500. The minimum absolute atomic E-state index is 0.0691. The zero-order valence-electron chi connectivity index (χ0n) is 35.0. The summed E-state index contributed by atoms with van der Waals surface area (Å²) < 4.78 is 13.7. The fourth-order valence-electron chi connectivity index (χ4n) is 10.6. The summed E-state index contributed by atoms with van der Waals surface area (Å²) >= 11 is 0. The topological polar surface area (TPSA) is 133 Å². The van der Waals surface area contributed by atoms with Crippen molar-refractivity contribution in [3.8, 4) is 22.6 Å². The molecule has 2 aromatic heterocycles. The monoisotopic (exact) mass is 814 g/mol. The molecule has 3 amide bonds. The molecule has 6 aliphatic rings. The van der Waals surface area contributed by atoms with Crippen molar-refractivity contribution in [3.05, 3.63) is 75.8 Å². The summed E-state index contributed by atoms with van der Waals surface area (Å²) in [5.41, 5.74) is 5.84. The summed E-state index contributed by atoms with van der Waals surface area (Å²) in [6.45, 7) is 11.7. The first kappa shape index (κ1) is 38.7. The number of benzene rings is 2. The molecule has 1 unspecified atom stereocenters. The quantitative estimate of drug-likeness (QED) is 0.233. The number of carbonyl (C=O) groups excluding carboxylic acids is 3. The number of nitrogens with one attached hydrogen (secondary N) is 1. The summed E-state index contributed by atoms with van der Waals surface area (Å²) in [4.78, 5) is 66.8. The Balaban J connectivity index is 0.737. The Hall–Kier alpha value is -5.47. The van der Waals surface area contributed by atoms with E-state index in [1.54, 1.807) is 36.9 Å². The number of imide groups is 1. The second kappa shape index (κ2) is 14.9. The van der Waals surface area contributed by atoms with Crippen molar-refractivity contribution in [1.29, 1.82) is 0 Å². The maximum Gasteiger partial charge on any atom is 0.259 e. The molecule has 4 aromatic rings. The number of anilines is 2. The number of rotatable bonds is 10. The van der Waals surface area contributed by atoms with E-state index in [0.29, 0.717) is 41.3 Å². The number of amides is 3. The standard InChI is InChI=1S/C46H54N8O6/c1-28-9-12-53(28)41-18-34-35(19-47-41)44(57)49(2)24-36(34)31-15-39(59-3)37(40(16-31)60-4)25-51-21-29(22-51)20-50-13-10-46(11-14-50)26-52(27-46)32-6-5-30-23-54(45(58)33(30)17-32)38-7-8-42(55)48-43(38)56/h5-6,15-19,24,28-29,38H,7-14,20-23,25-27H2,1-4H3,(H,48,55,56)/t28-,38?/m0/s1. The van der Waals surface area contributed by atoms with Crippen LogP contribution in [0.25, 0.3) is 21.9 Å². The van der Waals surface area contributed by atoms with Crippen LogP contribution in [-0.4, -0.2) is 121 Å². The molecular formula is C46H54N8O6. The lowest BCUT2D eigenvalue weighted by molar-refractivity contribution is -0.136. The number of aryl methyl sites for hydroxylation is 1. The lowest BCUT2D eigenvalue weighted by atomic mass is 9.71. The maximum atomic E-state index is 13.4. The van der Waals surface area contributed by atoms with Crippen molar-refractivity contribution in [2.45, 2.75) is 64.2 Å². The molecule has 314 valence electrons. The minimum atomic E-state index is -0.593. The molecule has 6 aliphatic heterocycles. The first-order valence-corrected chi connectivity index (χ1v) is 21.5. The molecule has 1 spiro atoms. The number of nitrogens with zero attached hydrogens (tertiary/aromatic N) is 7. The van der Waals surface area contributed by atoms with Crippen LogP contribution in [0.2, 0.25) is 0 Å². The lowest BCUT2D eigenvalue weighted by Gasteiger charge is -2.55. The van der Waals surface area contributed by atoms with Gasteiger partial charge >= 0.3 is 0 Å². The van der Waals surface area contributed by atoms with Crippen molar-refractivity contribution in [2.24, 2.45) is 18.4 Å². The molecule has 0 saturated carbocycles. The van der Waals surface area contributed by atoms with Gasteiger partial charge in [0.1, 0.15) is 23.4 Å². The highest BCUT2D eigenvalue weighted by Gasteiger charge is 2.46. The third-order valence-corrected chi connectivity index (χ3v) is 14.4. The molecule has 5 saturated heterocycles. The highest BCUT2D eigenvalue weighted by atomic mass is 16.5. The van der Waals surface area contributed by atoms with Crippen molar-refractivity contribution in [1.82, 2.24) is 29.6 Å². The van der Waals surface area contributed by atoms with Crippen LogP contribution in [0.1, 0.15) is 60.5 Å². The van der Waals surface area contributed by atoms with E-state index in [0.717, 1.165) is 116 Å². The molecule has 0 aliphatic carbocycles. The average molecular weight is 815 g/mol. The Morgan fingerprint density at radius 2 is 1.62 bits per heavy atom. The molecule has 14 heteroatoms. The molecule has 60 heavy (non-hydrogen) atoms. The third-order valence-electron chi connectivity index (χ3n) is 14.4. The Kier molecular flexibility index (Phi) is 9.62. The number of likely N-dealkylation sites (tertiary alicyclic amines) is 2. The van der Waals surface area contributed by atoms with Gasteiger partial charge < -0.3 is 33.6 Å². The summed E-state index contributed by atoms with van der Waals surface area (Å²) in [6.07, 6.45) is 7.74. The molecule has 14 nitrogen and oxygen atoms in total. The molecule has 1 N–H and O–H groups in total. The summed E-state index contributed by atoms with van der Waals surface area (Å²) in [7, 11) is 5.21. The summed E-state index contributed by atoms with van der Waals surface area (Å²) in [5.74, 6) is 2.30. The largest absolute Gasteiger partial charge is 0.496 e. The van der Waals surface area contributed by atoms with Gasteiger partial charge in [-0.2, -0.15) is 0 Å². The minimum Gasteiger partial charge on any atom is -0.496 e. The average Bonchev–Trinajstić information content (AvgIpc) is 3.54. The van der Waals surface area contributed by atoms with Crippen LogP contribution < -0.4 is 30.1 Å². The second-order valence-electron chi connectivity index (χ2n) is 18.2. The van der Waals surface area contributed by atoms with Crippen LogP contribution in [0.5, 0.6) is 11.5 Å². The summed E-state index contributed by atoms with van der Waals surface area (Å²) in [6, 6.07) is 12.2. The van der Waals surface area contributed by atoms with Gasteiger partial charge in [0, 0.05) is 112 Å². The number of methoxy groups -OCH3 is 2. The summed E-state index contributed by atoms with van der Waals surface area (Å²) in [5, 5.41) is 3.86. The van der Waals surface area contributed by atoms with E-state index in [1.807, 2.05) is 18.3 Å². The van der Waals surface area contributed by atoms with Gasteiger partial charge in [-0.25, -0.2) is 4.98 Å².